The summed E-state index contributed by atoms with van der Waals surface area (Å²) in [6.45, 7) is 3.25. The minimum Gasteiger partial charge on any atom is -0.392 e. The normalized spacial score (nSPS) is 16.2. The van der Waals surface area contributed by atoms with E-state index >= 15 is 0 Å². The first-order valence-corrected chi connectivity index (χ1v) is 12.2. The first-order chi connectivity index (χ1) is 13.8. The van der Waals surface area contributed by atoms with Crippen molar-refractivity contribution in [2.24, 2.45) is 0 Å². The highest BCUT2D eigenvalue weighted by Crippen LogP contribution is 2.10. The van der Waals surface area contributed by atoms with Crippen LogP contribution < -0.4 is 0 Å². The lowest BCUT2D eigenvalue weighted by Gasteiger charge is -2.11. The van der Waals surface area contributed by atoms with Gasteiger partial charge in [-0.2, -0.15) is 8.42 Å². The second-order valence-corrected chi connectivity index (χ2v) is 9.06. The molecule has 0 amide bonds. The fraction of sp³-hybridized carbons (Fsp3) is 0.800. The van der Waals surface area contributed by atoms with Gasteiger partial charge in [-0.15, -0.1) is 0 Å². The molecule has 29 heavy (non-hydrogen) atoms. The van der Waals surface area contributed by atoms with E-state index in [9.17, 15) is 23.4 Å². The van der Waals surface area contributed by atoms with Gasteiger partial charge in [0.2, 0.25) is 0 Å². The molecule has 0 saturated heterocycles. The molecule has 168 valence electrons. The Hall–Kier alpha value is -1.29. The van der Waals surface area contributed by atoms with E-state index in [2.05, 4.69) is 6.92 Å². The molecule has 1 heterocycles. The summed E-state index contributed by atoms with van der Waals surface area (Å²) in [7, 11) is -4.30. The Morgan fingerprint density at radius 2 is 1.86 bits per heavy atom. The third kappa shape index (κ3) is 10.9. The number of amidine groups is 1. The van der Waals surface area contributed by atoms with Crippen molar-refractivity contribution in [1.29, 1.82) is 0 Å². The number of carbonyl (C=O) groups excluding carboxylic acids is 1. The van der Waals surface area contributed by atoms with Crippen LogP contribution in [0.2, 0.25) is 0 Å². The van der Waals surface area contributed by atoms with Gasteiger partial charge < -0.3 is 10.2 Å². The van der Waals surface area contributed by atoms with Gasteiger partial charge in [-0.3, -0.25) is 18.8 Å². The lowest BCUT2D eigenvalue weighted by Crippen LogP contribution is -2.39. The van der Waals surface area contributed by atoms with E-state index in [4.69, 9.17) is 4.55 Å². The van der Waals surface area contributed by atoms with E-state index in [1.807, 2.05) is 6.08 Å². The Labute approximate surface area is 174 Å². The van der Waals surface area contributed by atoms with Crippen LogP contribution in [0.5, 0.6) is 0 Å². The van der Waals surface area contributed by atoms with Gasteiger partial charge in [-0.1, -0.05) is 51.5 Å². The molecule has 3 N–H and O–H groups in total. The van der Waals surface area contributed by atoms with Gasteiger partial charge in [-0.05, 0) is 18.9 Å². The highest BCUT2D eigenvalue weighted by Gasteiger charge is 2.35. The molecule has 0 aromatic heterocycles. The molecule has 9 heteroatoms. The van der Waals surface area contributed by atoms with E-state index in [0.717, 1.165) is 19.3 Å². The Balaban J connectivity index is 2.60. The van der Waals surface area contributed by atoms with Gasteiger partial charge in [-0.25, -0.2) is 0 Å². The molecule has 0 fully saturated rings. The number of β-amino-alcohol motifs (C(OH)–C–C–N with tert-alkyl or cyclic N) is 2. The van der Waals surface area contributed by atoms with Crippen LogP contribution in [-0.2, 0) is 14.9 Å². The van der Waals surface area contributed by atoms with Crippen molar-refractivity contribution < 1.29 is 32.6 Å². The summed E-state index contributed by atoms with van der Waals surface area (Å²) in [4.78, 5) is 14.4. The summed E-state index contributed by atoms with van der Waals surface area (Å²) in [6.07, 6.45) is 11.3. The molecule has 0 aromatic rings. The van der Waals surface area contributed by atoms with Crippen molar-refractivity contribution in [2.45, 2.75) is 64.4 Å². The summed E-state index contributed by atoms with van der Waals surface area (Å²) in [5.41, 5.74) is 0. The summed E-state index contributed by atoms with van der Waals surface area (Å²) in [6, 6.07) is 0. The van der Waals surface area contributed by atoms with Crippen molar-refractivity contribution in [3.05, 3.63) is 12.2 Å². The fourth-order valence-electron chi connectivity index (χ4n) is 3.52. The molecule has 1 atom stereocenters. The monoisotopic (exact) mass is 433 g/mol. The molecule has 1 aliphatic heterocycles. The third-order valence-corrected chi connectivity index (χ3v) is 5.71. The SMILES string of the molecule is CCCCCCCCC/C=C/C(=O)C1=[N+](CC(O)CS(=O)(=O)O)CCN1CCO. The van der Waals surface area contributed by atoms with Crippen LogP contribution in [0.25, 0.3) is 0 Å². The van der Waals surface area contributed by atoms with E-state index in [1.165, 1.54) is 38.2 Å². The first-order valence-electron chi connectivity index (χ1n) is 10.6. The zero-order chi connectivity index (χ0) is 21.7. The van der Waals surface area contributed by atoms with E-state index in [1.54, 1.807) is 9.48 Å². The van der Waals surface area contributed by atoms with Gasteiger partial charge >= 0.3 is 5.84 Å². The summed E-state index contributed by atoms with van der Waals surface area (Å²) < 4.78 is 32.4. The van der Waals surface area contributed by atoms with Gasteiger partial charge in [0, 0.05) is 0 Å². The molecule has 1 aliphatic rings. The van der Waals surface area contributed by atoms with Crippen molar-refractivity contribution >= 4 is 21.7 Å². The van der Waals surface area contributed by atoms with Crippen molar-refractivity contribution in [3.8, 4) is 0 Å². The predicted octanol–water partition coefficient (Wildman–Crippen LogP) is 1.22. The van der Waals surface area contributed by atoms with Gasteiger partial charge in [0.1, 0.15) is 38.0 Å². The Morgan fingerprint density at radius 1 is 1.21 bits per heavy atom. The second kappa shape index (κ2) is 13.8. The number of ketones is 1. The highest BCUT2D eigenvalue weighted by atomic mass is 32.2. The zero-order valence-electron chi connectivity index (χ0n) is 17.5. The second-order valence-electron chi connectivity index (χ2n) is 7.56. The van der Waals surface area contributed by atoms with E-state index in [0.29, 0.717) is 18.9 Å². The standard InChI is InChI=1S/C20H36N2O6S/c1-2-3-4-5-6-7-8-9-10-11-19(25)20-21(14-15-23)12-13-22(20)16-18(24)17-29(26,27)28/h10-11,18,23-24H,2-9,12-17H2,1H3/p+1/b11-10+. The van der Waals surface area contributed by atoms with E-state index in [-0.39, 0.29) is 25.5 Å². The van der Waals surface area contributed by atoms with Gasteiger partial charge in [0.15, 0.2) is 0 Å². The molecular formula is C20H37N2O6S+. The maximum absolute atomic E-state index is 12.7. The van der Waals surface area contributed by atoms with Crippen LogP contribution in [0.4, 0.5) is 0 Å². The lowest BCUT2D eigenvalue weighted by atomic mass is 10.1. The van der Waals surface area contributed by atoms with Crippen LogP contribution in [0.1, 0.15) is 58.3 Å². The smallest absolute Gasteiger partial charge is 0.320 e. The number of hydrogen-bond donors (Lipinski definition) is 3. The largest absolute Gasteiger partial charge is 0.392 e. The van der Waals surface area contributed by atoms with Gasteiger partial charge in [0.05, 0.1) is 6.61 Å². The molecule has 1 rings (SSSR count). The molecule has 0 saturated carbocycles. The molecular weight excluding hydrogens is 396 g/mol. The lowest BCUT2D eigenvalue weighted by molar-refractivity contribution is -0.525. The molecule has 0 aliphatic carbocycles. The third-order valence-electron chi connectivity index (χ3n) is 4.91. The molecule has 0 aromatic carbocycles. The average Bonchev–Trinajstić information content (AvgIpc) is 3.01. The molecule has 0 bridgehead atoms. The Kier molecular flexibility index (Phi) is 12.3. The molecule has 1 unspecified atom stereocenters. The number of aliphatic hydroxyl groups excluding tert-OH is 2. The van der Waals surface area contributed by atoms with Crippen molar-refractivity contribution in [2.75, 3.05) is 38.5 Å². The molecule has 8 nitrogen and oxygen atoms in total. The fourth-order valence-corrected chi connectivity index (χ4v) is 4.11. The topological polar surface area (TPSA) is 118 Å². The van der Waals surface area contributed by atoms with Crippen molar-refractivity contribution in [1.82, 2.24) is 4.90 Å². The molecule has 0 spiro atoms. The number of hydrogen-bond acceptors (Lipinski definition) is 6. The summed E-state index contributed by atoms with van der Waals surface area (Å²) in [5.74, 6) is -0.652. The average molecular weight is 434 g/mol. The van der Waals surface area contributed by atoms with Crippen molar-refractivity contribution in [3.63, 3.8) is 0 Å². The number of aliphatic hydroxyl groups is 2. The summed E-state index contributed by atoms with van der Waals surface area (Å²) >= 11 is 0. The minimum absolute atomic E-state index is 0.0750. The number of rotatable bonds is 16. The van der Waals surface area contributed by atoms with Crippen LogP contribution >= 0.6 is 0 Å². The quantitative estimate of drug-likeness (QED) is 0.145. The Bertz CT molecular complexity index is 660. The number of unbranched alkanes of at least 4 members (excludes halogenated alkanes) is 7. The van der Waals surface area contributed by atoms with E-state index < -0.39 is 22.0 Å². The number of carbonyl (C=O) groups is 1. The summed E-state index contributed by atoms with van der Waals surface area (Å²) in [5, 5.41) is 19.2. The first kappa shape index (κ1) is 25.7. The highest BCUT2D eigenvalue weighted by molar-refractivity contribution is 7.85. The Morgan fingerprint density at radius 3 is 2.48 bits per heavy atom. The van der Waals surface area contributed by atoms with Crippen LogP contribution in [0.15, 0.2) is 12.2 Å². The predicted molar refractivity (Wildman–Crippen MR) is 113 cm³/mol. The zero-order valence-corrected chi connectivity index (χ0v) is 18.3. The number of nitrogens with zero attached hydrogens (tertiary/aromatic N) is 2. The van der Waals surface area contributed by atoms with Crippen LogP contribution in [0.3, 0.4) is 0 Å². The maximum atomic E-state index is 12.7. The maximum Gasteiger partial charge on any atom is 0.320 e. The van der Waals surface area contributed by atoms with Crippen LogP contribution in [0, 0.1) is 0 Å². The number of allylic oxidation sites excluding steroid dienone is 1. The minimum atomic E-state index is -4.30. The van der Waals surface area contributed by atoms with Crippen LogP contribution in [-0.4, -0.2) is 88.9 Å². The van der Waals surface area contributed by atoms with Gasteiger partial charge in [0.25, 0.3) is 15.9 Å². The molecule has 0 radical (unpaired) electrons.